The average Bonchev–Trinajstić information content (AvgIpc) is 3.80. The van der Waals surface area contributed by atoms with E-state index in [0.29, 0.717) is 43.0 Å². The normalized spacial score (nSPS) is 14.6. The third kappa shape index (κ3) is 7.19. The summed E-state index contributed by atoms with van der Waals surface area (Å²) in [5, 5.41) is 26.7. The van der Waals surface area contributed by atoms with Crippen LogP contribution in [0.5, 0.6) is 5.75 Å². The summed E-state index contributed by atoms with van der Waals surface area (Å²) in [6.45, 7) is 3.78. The molecule has 6 rings (SSSR count). The highest BCUT2D eigenvalue weighted by molar-refractivity contribution is 6.45. The molecule has 0 unspecified atom stereocenters. The molecule has 1 aliphatic rings. The predicted octanol–water partition coefficient (Wildman–Crippen LogP) is 3.87. The summed E-state index contributed by atoms with van der Waals surface area (Å²) >= 11 is 0. The van der Waals surface area contributed by atoms with Crippen LogP contribution in [0.1, 0.15) is 16.8 Å². The molecule has 0 bridgehead atoms. The van der Waals surface area contributed by atoms with Gasteiger partial charge in [0, 0.05) is 24.8 Å². The molecule has 2 aromatic heterocycles. The first kappa shape index (κ1) is 30.0. The Morgan fingerprint density at radius 3 is 2.51 bits per heavy atom. The van der Waals surface area contributed by atoms with E-state index in [1.54, 1.807) is 47.8 Å². The van der Waals surface area contributed by atoms with Crippen LogP contribution in [0, 0.1) is 5.82 Å². The third-order valence-corrected chi connectivity index (χ3v) is 7.63. The van der Waals surface area contributed by atoms with E-state index in [0.717, 1.165) is 22.6 Å². The summed E-state index contributed by atoms with van der Waals surface area (Å²) in [5.41, 5.74) is 4.28. The first-order chi connectivity index (χ1) is 21.8. The van der Waals surface area contributed by atoms with Crippen molar-refractivity contribution in [2.75, 3.05) is 18.6 Å². The van der Waals surface area contributed by atoms with E-state index in [9.17, 15) is 9.82 Å². The number of aromatic nitrogens is 6. The molecule has 12 nitrogen and oxygen atoms in total. The molecule has 14 heteroatoms. The van der Waals surface area contributed by atoms with Crippen molar-refractivity contribution in [3.63, 3.8) is 0 Å². The van der Waals surface area contributed by atoms with Gasteiger partial charge in [0.1, 0.15) is 17.7 Å². The van der Waals surface area contributed by atoms with E-state index in [1.807, 2.05) is 59.5 Å². The highest BCUT2D eigenvalue weighted by Gasteiger charge is 2.33. The Kier molecular flexibility index (Phi) is 8.85. The van der Waals surface area contributed by atoms with E-state index in [4.69, 9.17) is 9.47 Å². The number of carbonyl (C=O) groups excluding carboxylic acids is 1. The van der Waals surface area contributed by atoms with Crippen molar-refractivity contribution in [1.29, 1.82) is 0 Å². The monoisotopic (exact) mass is 610 g/mol. The average molecular weight is 610 g/mol. The lowest BCUT2D eigenvalue weighted by Crippen LogP contribution is -2.36. The minimum absolute atomic E-state index is 0.283. The Hall–Kier alpha value is -5.08. The molecule has 1 fully saturated rings. The van der Waals surface area contributed by atoms with Gasteiger partial charge in [-0.3, -0.25) is 4.90 Å². The van der Waals surface area contributed by atoms with Gasteiger partial charge in [-0.15, -0.1) is 10.2 Å². The molecule has 0 radical (unpaired) electrons. The Balaban J connectivity index is 1.07. The molecule has 3 aromatic carbocycles. The van der Waals surface area contributed by atoms with E-state index < -0.39 is 25.1 Å². The number of methoxy groups -OCH3 is 1. The topological polar surface area (TPSA) is 124 Å². The molecule has 0 aliphatic carbocycles. The van der Waals surface area contributed by atoms with Gasteiger partial charge < -0.3 is 19.3 Å². The van der Waals surface area contributed by atoms with Crippen LogP contribution < -0.4 is 9.64 Å². The molecule has 1 saturated heterocycles. The van der Waals surface area contributed by atoms with Crippen LogP contribution in [0.15, 0.2) is 85.3 Å². The number of rotatable bonds is 12. The maximum absolute atomic E-state index is 15.3. The largest absolute Gasteiger partial charge is 0.497 e. The molecule has 3 heterocycles. The Morgan fingerprint density at radius 2 is 1.82 bits per heavy atom. The summed E-state index contributed by atoms with van der Waals surface area (Å²) in [6, 6.07) is 20.0. The lowest BCUT2D eigenvalue weighted by Gasteiger charge is -2.22. The van der Waals surface area contributed by atoms with Gasteiger partial charge in [-0.05, 0) is 53.8 Å². The van der Waals surface area contributed by atoms with Crippen molar-refractivity contribution in [3.8, 4) is 16.9 Å². The minimum atomic E-state index is -0.727. The van der Waals surface area contributed by atoms with Crippen molar-refractivity contribution in [2.45, 2.75) is 39.1 Å². The van der Waals surface area contributed by atoms with E-state index >= 15 is 4.39 Å². The predicted molar refractivity (Wildman–Crippen MR) is 165 cm³/mol. The van der Waals surface area contributed by atoms with Gasteiger partial charge in [0.15, 0.2) is 0 Å². The highest BCUT2D eigenvalue weighted by Crippen LogP contribution is 2.30. The smallest absolute Gasteiger partial charge is 0.414 e. The van der Waals surface area contributed by atoms with Crippen LogP contribution in [0.25, 0.3) is 11.1 Å². The number of anilines is 1. The fourth-order valence-corrected chi connectivity index (χ4v) is 5.23. The van der Waals surface area contributed by atoms with Gasteiger partial charge in [0.2, 0.25) is 0 Å². The summed E-state index contributed by atoms with van der Waals surface area (Å²) in [6.07, 6.45) is 4.17. The molecule has 1 N–H and O–H groups in total. The van der Waals surface area contributed by atoms with Gasteiger partial charge in [0.05, 0.1) is 50.5 Å². The fourth-order valence-electron chi connectivity index (χ4n) is 5.23. The number of cyclic esters (lactones) is 1. The number of amides is 1. The second-order valence-electron chi connectivity index (χ2n) is 10.9. The lowest BCUT2D eigenvalue weighted by atomic mass is 9.84. The summed E-state index contributed by atoms with van der Waals surface area (Å²) in [4.78, 5) is 15.8. The van der Waals surface area contributed by atoms with Crippen LogP contribution in [-0.4, -0.2) is 72.7 Å². The number of nitrogens with zero attached hydrogens (tertiary/aromatic N) is 8. The molecular formula is C31H32BFN8O4. The Labute approximate surface area is 259 Å². The van der Waals surface area contributed by atoms with Crippen molar-refractivity contribution in [1.82, 2.24) is 34.8 Å². The van der Waals surface area contributed by atoms with Crippen molar-refractivity contribution in [2.24, 2.45) is 0 Å². The molecule has 0 spiro atoms. The number of carbonyl (C=O) groups is 1. The molecule has 230 valence electrons. The van der Waals surface area contributed by atoms with E-state index in [-0.39, 0.29) is 6.54 Å². The quantitative estimate of drug-likeness (QED) is 0.210. The van der Waals surface area contributed by atoms with Crippen molar-refractivity contribution >= 4 is 18.8 Å². The minimum Gasteiger partial charge on any atom is -0.497 e. The molecular weight excluding hydrogens is 578 g/mol. The molecule has 1 amide bonds. The van der Waals surface area contributed by atoms with Crippen LogP contribution in [-0.2, 0) is 30.9 Å². The van der Waals surface area contributed by atoms with Gasteiger partial charge in [-0.25, -0.2) is 18.5 Å². The standard InChI is InChI=1S/C31H32BFN8O4/c1-32(43)38(18-25-19-40(37-35-25)17-23-5-10-27(44-2)11-6-23)16-22-3-7-24(8-4-22)29-12-9-26(15-30(29)33)41-21-28(45-31(41)42)20-39-14-13-34-36-39/h3-15,19,28,43H,16-18,20-21H2,1-2H3/t28-/m0/s1. The Bertz CT molecular complexity index is 1730. The van der Waals surface area contributed by atoms with Crippen LogP contribution in [0.2, 0.25) is 6.82 Å². The van der Waals surface area contributed by atoms with Gasteiger partial charge in [0.25, 0.3) is 0 Å². The van der Waals surface area contributed by atoms with Gasteiger partial charge in [-0.1, -0.05) is 46.8 Å². The Morgan fingerprint density at radius 1 is 1.04 bits per heavy atom. The molecule has 1 aliphatic heterocycles. The molecule has 0 saturated carbocycles. The number of hydrogen-bond donors (Lipinski definition) is 1. The maximum Gasteiger partial charge on any atom is 0.414 e. The van der Waals surface area contributed by atoms with Crippen LogP contribution in [0.3, 0.4) is 0 Å². The van der Waals surface area contributed by atoms with Gasteiger partial charge in [-0.2, -0.15) is 0 Å². The third-order valence-electron chi connectivity index (χ3n) is 7.63. The molecule has 45 heavy (non-hydrogen) atoms. The van der Waals surface area contributed by atoms with Gasteiger partial charge >= 0.3 is 13.1 Å². The molecule has 5 aromatic rings. The number of hydrogen-bond acceptors (Lipinski definition) is 9. The number of ether oxygens (including phenoxy) is 2. The highest BCUT2D eigenvalue weighted by atomic mass is 19.1. The summed E-state index contributed by atoms with van der Waals surface area (Å²) < 4.78 is 29.3. The lowest BCUT2D eigenvalue weighted by molar-refractivity contribution is 0.129. The number of benzene rings is 3. The number of halogens is 1. The zero-order chi connectivity index (χ0) is 31.3. The van der Waals surface area contributed by atoms with Crippen molar-refractivity contribution in [3.05, 3.63) is 108 Å². The van der Waals surface area contributed by atoms with Crippen LogP contribution in [0.4, 0.5) is 14.9 Å². The van der Waals surface area contributed by atoms with Crippen molar-refractivity contribution < 1.29 is 23.7 Å². The SMILES string of the molecule is COc1ccc(Cn2cc(CN(Cc3ccc(-c4ccc(N5C[C@H](Cn6ccnn6)OC5=O)cc4F)cc3)B(C)O)nn2)cc1. The summed E-state index contributed by atoms with van der Waals surface area (Å²) in [5.74, 6) is 0.345. The molecule has 1 atom stereocenters. The van der Waals surface area contributed by atoms with E-state index in [2.05, 4.69) is 20.6 Å². The van der Waals surface area contributed by atoms with Crippen LogP contribution >= 0.6 is 0 Å². The second-order valence-corrected chi connectivity index (χ2v) is 10.9. The maximum atomic E-state index is 15.3. The van der Waals surface area contributed by atoms with E-state index in [1.165, 1.54) is 11.0 Å². The second kappa shape index (κ2) is 13.3. The zero-order valence-electron chi connectivity index (χ0n) is 24.9. The summed E-state index contributed by atoms with van der Waals surface area (Å²) in [7, 11) is 0.906. The first-order valence-electron chi connectivity index (χ1n) is 14.5. The zero-order valence-corrected chi connectivity index (χ0v) is 24.9. The first-order valence-corrected chi connectivity index (χ1v) is 14.5. The fraction of sp³-hybridized carbons (Fsp3) is 0.258.